The Kier molecular flexibility index (Phi) is 8.59. The molecule has 1 aliphatic heterocycles. The van der Waals surface area contributed by atoms with Crippen LogP contribution in [0.4, 0.5) is 0 Å². The van der Waals surface area contributed by atoms with Crippen molar-refractivity contribution in [2.24, 2.45) is 5.73 Å². The van der Waals surface area contributed by atoms with E-state index in [1.165, 1.54) is 45.6 Å². The topological polar surface area (TPSA) is 52.7 Å². The molecule has 4 nitrogen and oxygen atoms in total. The van der Waals surface area contributed by atoms with Gasteiger partial charge in [0.2, 0.25) is 0 Å². The number of unbranched alkanes of at least 4 members (excludes halogenated alkanes) is 2. The Balaban J connectivity index is 2.15. The van der Waals surface area contributed by atoms with E-state index in [4.69, 9.17) is 10.8 Å². The van der Waals surface area contributed by atoms with Crippen LogP contribution >= 0.6 is 0 Å². The summed E-state index contributed by atoms with van der Waals surface area (Å²) < 4.78 is 0. The van der Waals surface area contributed by atoms with Crippen LogP contribution in [0.2, 0.25) is 0 Å². The first-order valence-electron chi connectivity index (χ1n) is 7.59. The van der Waals surface area contributed by atoms with Crippen molar-refractivity contribution in [1.82, 2.24) is 9.80 Å². The van der Waals surface area contributed by atoms with E-state index in [1.54, 1.807) is 0 Å². The predicted molar refractivity (Wildman–Crippen MR) is 76.7 cm³/mol. The van der Waals surface area contributed by atoms with Crippen molar-refractivity contribution in [3.05, 3.63) is 0 Å². The van der Waals surface area contributed by atoms with Gasteiger partial charge in [-0.1, -0.05) is 6.92 Å². The molecule has 1 fully saturated rings. The van der Waals surface area contributed by atoms with E-state index in [0.717, 1.165) is 25.8 Å². The summed E-state index contributed by atoms with van der Waals surface area (Å²) in [5.41, 5.74) is 5.68. The van der Waals surface area contributed by atoms with Crippen LogP contribution in [0.15, 0.2) is 0 Å². The van der Waals surface area contributed by atoms with Gasteiger partial charge in [0.15, 0.2) is 0 Å². The highest BCUT2D eigenvalue weighted by molar-refractivity contribution is 4.78. The molecule has 0 radical (unpaired) electrons. The summed E-state index contributed by atoms with van der Waals surface area (Å²) in [6.07, 6.45) is 5.68. The molecule has 1 saturated heterocycles. The summed E-state index contributed by atoms with van der Waals surface area (Å²) in [4.78, 5) is 5.17. The summed E-state index contributed by atoms with van der Waals surface area (Å²) in [7, 11) is 0. The third-order valence-corrected chi connectivity index (χ3v) is 4.03. The standard InChI is InChI=1S/C14H31N3O/c1-2-14(6-7-15)17-11-9-16(10-12-17)8-4-3-5-13-18/h14,18H,2-13,15H2,1H3. The SMILES string of the molecule is CCC(CCN)N1CCN(CCCCCO)CC1. The number of nitrogens with two attached hydrogens (primary N) is 1. The van der Waals surface area contributed by atoms with Crippen molar-refractivity contribution in [2.75, 3.05) is 45.9 Å². The van der Waals surface area contributed by atoms with E-state index >= 15 is 0 Å². The number of aliphatic hydroxyl groups excluding tert-OH is 1. The van der Waals surface area contributed by atoms with Crippen LogP contribution in [0.25, 0.3) is 0 Å². The molecular weight excluding hydrogens is 226 g/mol. The Morgan fingerprint density at radius 3 is 2.39 bits per heavy atom. The molecule has 1 heterocycles. The van der Waals surface area contributed by atoms with Gasteiger partial charge in [-0.25, -0.2) is 0 Å². The summed E-state index contributed by atoms with van der Waals surface area (Å²) in [6.45, 7) is 9.38. The summed E-state index contributed by atoms with van der Waals surface area (Å²) in [5.74, 6) is 0. The normalized spacial score (nSPS) is 20.2. The minimum absolute atomic E-state index is 0.338. The van der Waals surface area contributed by atoms with Crippen molar-refractivity contribution in [1.29, 1.82) is 0 Å². The average molecular weight is 257 g/mol. The summed E-state index contributed by atoms with van der Waals surface area (Å²) in [6, 6.07) is 0.687. The molecule has 1 unspecified atom stereocenters. The van der Waals surface area contributed by atoms with E-state index < -0.39 is 0 Å². The zero-order chi connectivity index (χ0) is 13.2. The molecule has 1 rings (SSSR count). The molecule has 0 aromatic rings. The second-order valence-corrected chi connectivity index (χ2v) is 5.30. The van der Waals surface area contributed by atoms with Crippen molar-refractivity contribution in [3.8, 4) is 0 Å². The number of aliphatic hydroxyl groups is 1. The van der Waals surface area contributed by atoms with Gasteiger partial charge in [0.1, 0.15) is 0 Å². The lowest BCUT2D eigenvalue weighted by atomic mass is 10.1. The number of hydrogen-bond donors (Lipinski definition) is 2. The maximum Gasteiger partial charge on any atom is 0.0431 e. The Hall–Kier alpha value is -0.160. The van der Waals surface area contributed by atoms with Gasteiger partial charge < -0.3 is 15.7 Å². The van der Waals surface area contributed by atoms with Crippen molar-refractivity contribution >= 4 is 0 Å². The fraction of sp³-hybridized carbons (Fsp3) is 1.00. The van der Waals surface area contributed by atoms with Crippen molar-refractivity contribution < 1.29 is 5.11 Å². The fourth-order valence-electron chi connectivity index (χ4n) is 2.81. The zero-order valence-corrected chi connectivity index (χ0v) is 12.0. The van der Waals surface area contributed by atoms with E-state index in [2.05, 4.69) is 16.7 Å². The molecule has 0 saturated carbocycles. The molecule has 4 heteroatoms. The van der Waals surface area contributed by atoms with Crippen LogP contribution in [0, 0.1) is 0 Å². The quantitative estimate of drug-likeness (QED) is 0.603. The van der Waals surface area contributed by atoms with Crippen LogP contribution in [0.3, 0.4) is 0 Å². The van der Waals surface area contributed by atoms with Gasteiger partial charge in [-0.15, -0.1) is 0 Å². The Morgan fingerprint density at radius 1 is 1.11 bits per heavy atom. The molecule has 0 bridgehead atoms. The molecule has 108 valence electrons. The first kappa shape index (κ1) is 15.9. The van der Waals surface area contributed by atoms with Gasteiger partial charge in [0.05, 0.1) is 0 Å². The number of hydrogen-bond acceptors (Lipinski definition) is 4. The van der Waals surface area contributed by atoms with Gasteiger partial charge in [-0.2, -0.15) is 0 Å². The molecule has 1 aliphatic rings. The van der Waals surface area contributed by atoms with Gasteiger partial charge in [-0.3, -0.25) is 4.90 Å². The van der Waals surface area contributed by atoms with E-state index in [0.29, 0.717) is 12.6 Å². The van der Waals surface area contributed by atoms with E-state index in [1.807, 2.05) is 0 Å². The van der Waals surface area contributed by atoms with Crippen molar-refractivity contribution in [3.63, 3.8) is 0 Å². The molecule has 0 aromatic carbocycles. The van der Waals surface area contributed by atoms with Crippen LogP contribution in [0.5, 0.6) is 0 Å². The zero-order valence-electron chi connectivity index (χ0n) is 12.0. The number of piperazine rings is 1. The van der Waals surface area contributed by atoms with E-state index in [-0.39, 0.29) is 0 Å². The van der Waals surface area contributed by atoms with Crippen LogP contribution in [-0.4, -0.2) is 66.8 Å². The van der Waals surface area contributed by atoms with Crippen molar-refractivity contribution in [2.45, 2.75) is 45.1 Å². The molecule has 1 atom stereocenters. The lowest BCUT2D eigenvalue weighted by Crippen LogP contribution is -2.50. The Bertz CT molecular complexity index is 193. The third kappa shape index (κ3) is 5.65. The summed E-state index contributed by atoms with van der Waals surface area (Å²) >= 11 is 0. The Morgan fingerprint density at radius 2 is 1.83 bits per heavy atom. The highest BCUT2D eigenvalue weighted by Gasteiger charge is 2.21. The second-order valence-electron chi connectivity index (χ2n) is 5.30. The summed E-state index contributed by atoms with van der Waals surface area (Å²) in [5, 5.41) is 8.75. The molecule has 0 aliphatic carbocycles. The monoisotopic (exact) mass is 257 g/mol. The minimum Gasteiger partial charge on any atom is -0.396 e. The van der Waals surface area contributed by atoms with Crippen LogP contribution < -0.4 is 5.73 Å². The highest BCUT2D eigenvalue weighted by atomic mass is 16.2. The maximum atomic E-state index is 8.75. The first-order chi connectivity index (χ1) is 8.81. The minimum atomic E-state index is 0.338. The lowest BCUT2D eigenvalue weighted by molar-refractivity contribution is 0.0897. The largest absolute Gasteiger partial charge is 0.396 e. The molecule has 0 spiro atoms. The average Bonchev–Trinajstić information content (AvgIpc) is 2.42. The first-order valence-corrected chi connectivity index (χ1v) is 7.59. The molecule has 0 amide bonds. The third-order valence-electron chi connectivity index (χ3n) is 4.03. The van der Waals surface area contributed by atoms with E-state index in [9.17, 15) is 0 Å². The van der Waals surface area contributed by atoms with Gasteiger partial charge in [0.25, 0.3) is 0 Å². The van der Waals surface area contributed by atoms with Crippen LogP contribution in [0.1, 0.15) is 39.0 Å². The fourth-order valence-corrected chi connectivity index (χ4v) is 2.81. The van der Waals surface area contributed by atoms with Gasteiger partial charge >= 0.3 is 0 Å². The Labute approximate surface area is 112 Å². The van der Waals surface area contributed by atoms with Gasteiger partial charge in [0, 0.05) is 38.8 Å². The number of nitrogens with zero attached hydrogens (tertiary/aromatic N) is 2. The smallest absolute Gasteiger partial charge is 0.0431 e. The number of rotatable bonds is 9. The van der Waals surface area contributed by atoms with Gasteiger partial charge in [-0.05, 0) is 45.2 Å². The molecule has 0 aromatic heterocycles. The molecule has 3 N–H and O–H groups in total. The maximum absolute atomic E-state index is 8.75. The lowest BCUT2D eigenvalue weighted by Gasteiger charge is -2.39. The predicted octanol–water partition coefficient (Wildman–Crippen LogP) is 0.894. The second kappa shape index (κ2) is 9.73. The van der Waals surface area contributed by atoms with Crippen LogP contribution in [-0.2, 0) is 0 Å². The molecule has 18 heavy (non-hydrogen) atoms. The highest BCUT2D eigenvalue weighted by Crippen LogP contribution is 2.12. The molecular formula is C14H31N3O.